The summed E-state index contributed by atoms with van der Waals surface area (Å²) in [4.78, 5) is 42.5. The van der Waals surface area contributed by atoms with E-state index in [4.69, 9.17) is 4.74 Å². The Labute approximate surface area is 240 Å². The molecule has 0 aliphatic carbocycles. The molecule has 1 saturated heterocycles. The van der Waals surface area contributed by atoms with Crippen LogP contribution in [0.4, 0.5) is 0 Å². The van der Waals surface area contributed by atoms with Gasteiger partial charge >= 0.3 is 0 Å². The van der Waals surface area contributed by atoms with Crippen molar-refractivity contribution >= 4 is 28.6 Å². The van der Waals surface area contributed by atoms with E-state index in [1.165, 1.54) is 0 Å². The number of nitriles is 1. The van der Waals surface area contributed by atoms with Crippen LogP contribution in [-0.4, -0.2) is 54.5 Å². The lowest BCUT2D eigenvalue weighted by Gasteiger charge is -2.29. The molecule has 0 bridgehead atoms. The van der Waals surface area contributed by atoms with Gasteiger partial charge in [0.2, 0.25) is 11.8 Å². The average molecular weight is 559 g/mol. The molecule has 10 heteroatoms. The summed E-state index contributed by atoms with van der Waals surface area (Å²) >= 11 is 0. The summed E-state index contributed by atoms with van der Waals surface area (Å²) in [5.41, 5.74) is 2.05. The zero-order chi connectivity index (χ0) is 29.4. The van der Waals surface area contributed by atoms with Crippen LogP contribution >= 0.6 is 0 Å². The fourth-order valence-corrected chi connectivity index (χ4v) is 5.21. The number of H-pyrrole nitrogens is 1. The van der Waals surface area contributed by atoms with E-state index in [2.05, 4.69) is 32.3 Å². The summed E-state index contributed by atoms with van der Waals surface area (Å²) in [7, 11) is 1.57. The number of aromatic amines is 1. The summed E-state index contributed by atoms with van der Waals surface area (Å²) in [5.74, 6) is -0.463. The SMILES string of the molecule is COc1cccc2[nH]c(C(=O)N[C@@H](CC(C)C)C(=O)N[C@@H](CC3CCNC3=O)[C@H](C#N)NCc3ccccc3)cc12. The molecule has 4 atom stereocenters. The van der Waals surface area contributed by atoms with Crippen LogP contribution in [0.2, 0.25) is 0 Å². The molecule has 216 valence electrons. The Bertz CT molecular complexity index is 1400. The second kappa shape index (κ2) is 13.8. The molecule has 2 aromatic carbocycles. The number of benzene rings is 2. The summed E-state index contributed by atoms with van der Waals surface area (Å²) < 4.78 is 5.40. The Hall–Kier alpha value is -4.36. The van der Waals surface area contributed by atoms with Gasteiger partial charge in [-0.1, -0.05) is 50.2 Å². The number of carbonyl (C=O) groups excluding carboxylic acids is 3. The first-order valence-corrected chi connectivity index (χ1v) is 14.0. The smallest absolute Gasteiger partial charge is 0.268 e. The van der Waals surface area contributed by atoms with Crippen LogP contribution in [0.5, 0.6) is 5.75 Å². The fraction of sp³-hybridized carbons (Fsp3) is 0.419. The minimum atomic E-state index is -0.843. The van der Waals surface area contributed by atoms with E-state index in [0.717, 1.165) is 16.5 Å². The number of hydrogen-bond acceptors (Lipinski definition) is 6. The number of nitrogens with one attached hydrogen (secondary N) is 5. The highest BCUT2D eigenvalue weighted by Gasteiger charge is 2.34. The van der Waals surface area contributed by atoms with Gasteiger partial charge < -0.3 is 25.7 Å². The molecular formula is C31H38N6O4. The third kappa shape index (κ3) is 7.64. The Morgan fingerprint density at radius 1 is 1.12 bits per heavy atom. The average Bonchev–Trinajstić information content (AvgIpc) is 3.59. The van der Waals surface area contributed by atoms with Crippen LogP contribution < -0.4 is 26.0 Å². The minimum Gasteiger partial charge on any atom is -0.496 e. The number of hydrogen-bond donors (Lipinski definition) is 5. The molecule has 5 N–H and O–H groups in total. The number of amides is 3. The maximum absolute atomic E-state index is 13.7. The second-order valence-corrected chi connectivity index (χ2v) is 10.9. The highest BCUT2D eigenvalue weighted by atomic mass is 16.5. The molecule has 10 nitrogen and oxygen atoms in total. The molecule has 4 rings (SSSR count). The molecule has 2 heterocycles. The van der Waals surface area contributed by atoms with Crippen LogP contribution in [0.3, 0.4) is 0 Å². The van der Waals surface area contributed by atoms with Gasteiger partial charge in [0.15, 0.2) is 0 Å². The predicted octanol–water partition coefficient (Wildman–Crippen LogP) is 3.01. The van der Waals surface area contributed by atoms with Crippen LogP contribution in [0.1, 0.15) is 49.2 Å². The first-order chi connectivity index (χ1) is 19.8. The normalized spacial score (nSPS) is 17.0. The van der Waals surface area contributed by atoms with Gasteiger partial charge in [-0.25, -0.2) is 0 Å². The molecule has 3 aromatic rings. The van der Waals surface area contributed by atoms with Gasteiger partial charge in [-0.15, -0.1) is 0 Å². The van der Waals surface area contributed by atoms with Crippen molar-refractivity contribution in [3.05, 3.63) is 65.9 Å². The van der Waals surface area contributed by atoms with Gasteiger partial charge in [0.25, 0.3) is 5.91 Å². The molecule has 1 aromatic heterocycles. The van der Waals surface area contributed by atoms with Crippen molar-refractivity contribution in [3.8, 4) is 11.8 Å². The first kappa shape index (κ1) is 29.6. The Balaban J connectivity index is 1.52. The minimum absolute atomic E-state index is 0.0785. The number of nitrogens with zero attached hydrogens (tertiary/aromatic N) is 1. The van der Waals surface area contributed by atoms with Crippen molar-refractivity contribution in [1.82, 2.24) is 26.3 Å². The van der Waals surface area contributed by atoms with Crippen LogP contribution in [-0.2, 0) is 16.1 Å². The third-order valence-corrected chi connectivity index (χ3v) is 7.36. The summed E-state index contributed by atoms with van der Waals surface area (Å²) in [6.45, 7) is 4.94. The zero-order valence-corrected chi connectivity index (χ0v) is 23.7. The molecule has 41 heavy (non-hydrogen) atoms. The van der Waals surface area contributed by atoms with Crippen LogP contribution in [0.25, 0.3) is 10.9 Å². The van der Waals surface area contributed by atoms with Crippen molar-refractivity contribution in [2.24, 2.45) is 11.8 Å². The topological polar surface area (TPSA) is 148 Å². The number of aromatic nitrogens is 1. The van der Waals surface area contributed by atoms with E-state index in [0.29, 0.717) is 43.8 Å². The van der Waals surface area contributed by atoms with Gasteiger partial charge in [-0.3, -0.25) is 19.7 Å². The van der Waals surface area contributed by atoms with Gasteiger partial charge in [0.1, 0.15) is 23.5 Å². The van der Waals surface area contributed by atoms with Gasteiger partial charge in [0, 0.05) is 29.9 Å². The third-order valence-electron chi connectivity index (χ3n) is 7.36. The number of fused-ring (bicyclic) bond motifs is 1. The Morgan fingerprint density at radius 2 is 1.90 bits per heavy atom. The van der Waals surface area contributed by atoms with Crippen molar-refractivity contribution in [1.29, 1.82) is 5.26 Å². The monoisotopic (exact) mass is 558 g/mol. The molecule has 0 saturated carbocycles. The van der Waals surface area contributed by atoms with Crippen molar-refractivity contribution < 1.29 is 19.1 Å². The van der Waals surface area contributed by atoms with E-state index in [-0.39, 0.29) is 17.7 Å². The van der Waals surface area contributed by atoms with Crippen molar-refractivity contribution in [3.63, 3.8) is 0 Å². The van der Waals surface area contributed by atoms with E-state index in [9.17, 15) is 19.6 Å². The van der Waals surface area contributed by atoms with E-state index < -0.39 is 29.9 Å². The number of methoxy groups -OCH3 is 1. The Kier molecular flexibility index (Phi) is 9.98. The molecule has 0 radical (unpaired) electrons. The van der Waals surface area contributed by atoms with Gasteiger partial charge in [0.05, 0.1) is 19.2 Å². The lowest BCUT2D eigenvalue weighted by molar-refractivity contribution is -0.126. The van der Waals surface area contributed by atoms with E-state index >= 15 is 0 Å². The summed E-state index contributed by atoms with van der Waals surface area (Å²) in [6.07, 6.45) is 1.34. The maximum atomic E-state index is 13.7. The fourth-order valence-electron chi connectivity index (χ4n) is 5.21. The molecular weight excluding hydrogens is 520 g/mol. The molecule has 1 aliphatic heterocycles. The Morgan fingerprint density at radius 3 is 2.56 bits per heavy atom. The van der Waals surface area contributed by atoms with E-state index in [1.807, 2.05) is 62.4 Å². The van der Waals surface area contributed by atoms with Gasteiger partial charge in [-0.2, -0.15) is 5.26 Å². The first-order valence-electron chi connectivity index (χ1n) is 14.0. The van der Waals surface area contributed by atoms with Crippen LogP contribution in [0, 0.1) is 23.2 Å². The largest absolute Gasteiger partial charge is 0.496 e. The molecule has 1 aliphatic rings. The summed E-state index contributed by atoms with van der Waals surface area (Å²) in [5, 5.41) is 22.8. The second-order valence-electron chi connectivity index (χ2n) is 10.9. The quantitative estimate of drug-likeness (QED) is 0.218. The van der Waals surface area contributed by atoms with Crippen LogP contribution in [0.15, 0.2) is 54.6 Å². The summed E-state index contributed by atoms with van der Waals surface area (Å²) in [6, 6.07) is 16.9. The predicted molar refractivity (Wildman–Crippen MR) is 156 cm³/mol. The van der Waals surface area contributed by atoms with Gasteiger partial charge in [-0.05, 0) is 48.9 Å². The van der Waals surface area contributed by atoms with E-state index in [1.54, 1.807) is 13.2 Å². The number of carbonyl (C=O) groups is 3. The number of ether oxygens (including phenoxy) is 1. The zero-order valence-electron chi connectivity index (χ0n) is 23.7. The molecule has 0 spiro atoms. The van der Waals surface area contributed by atoms with Crippen molar-refractivity contribution in [2.75, 3.05) is 13.7 Å². The molecule has 1 fully saturated rings. The lowest BCUT2D eigenvalue weighted by Crippen LogP contribution is -2.56. The maximum Gasteiger partial charge on any atom is 0.268 e. The van der Waals surface area contributed by atoms with Crippen molar-refractivity contribution in [2.45, 2.75) is 57.8 Å². The lowest BCUT2D eigenvalue weighted by atomic mass is 9.93. The molecule has 1 unspecified atom stereocenters. The highest BCUT2D eigenvalue weighted by Crippen LogP contribution is 2.26. The highest BCUT2D eigenvalue weighted by molar-refractivity contribution is 6.01. The standard InChI is InChI=1S/C31H38N6O4/c1-19(2)14-25(37-31(40)26-16-22-23(35-26)10-7-11-28(22)41-3)30(39)36-24(15-21-12-13-33-29(21)38)27(17-32)34-18-20-8-5-4-6-9-20/h4-11,16,19,21,24-25,27,34-35H,12-15,18H2,1-3H3,(H,33,38)(H,36,39)(H,37,40)/t21?,24-,25-,27-/m0/s1. The molecule has 3 amide bonds. The number of rotatable bonds is 13.